The van der Waals surface area contributed by atoms with Crippen LogP contribution in [0.1, 0.15) is 11.9 Å². The molecule has 0 spiro atoms. The van der Waals surface area contributed by atoms with Gasteiger partial charge in [0.15, 0.2) is 0 Å². The molecule has 0 aliphatic carbocycles. The van der Waals surface area contributed by atoms with Crippen molar-refractivity contribution in [2.75, 3.05) is 26.1 Å². The summed E-state index contributed by atoms with van der Waals surface area (Å²) in [5, 5.41) is 3.07. The minimum atomic E-state index is -0.185. The quantitative estimate of drug-likeness (QED) is 0.843. The maximum atomic E-state index is 5.33. The molecule has 0 fully saturated rings. The van der Waals surface area contributed by atoms with Crippen molar-refractivity contribution in [3.8, 4) is 5.88 Å². The molecule has 1 atom stereocenters. The molecule has 0 aliphatic rings. The topological polar surface area (TPSA) is 69.4 Å². The Morgan fingerprint density at radius 3 is 2.94 bits per heavy atom. The summed E-state index contributed by atoms with van der Waals surface area (Å²) < 4.78 is 15.6. The Balaban J connectivity index is 1.97. The lowest BCUT2D eigenvalue weighted by molar-refractivity contribution is 0.0942. The molecule has 0 amide bonds. The molecule has 0 saturated heterocycles. The lowest BCUT2D eigenvalue weighted by Crippen LogP contribution is -2.15. The van der Waals surface area contributed by atoms with Gasteiger partial charge >= 0.3 is 0 Å². The van der Waals surface area contributed by atoms with Crippen molar-refractivity contribution in [1.82, 2.24) is 9.97 Å². The van der Waals surface area contributed by atoms with E-state index in [9.17, 15) is 0 Å². The van der Waals surface area contributed by atoms with Gasteiger partial charge in [0.25, 0.3) is 0 Å². The zero-order valence-electron chi connectivity index (χ0n) is 10.3. The molecule has 2 rings (SSSR count). The van der Waals surface area contributed by atoms with E-state index in [4.69, 9.17) is 13.9 Å². The van der Waals surface area contributed by atoms with Crippen LogP contribution < -0.4 is 10.1 Å². The van der Waals surface area contributed by atoms with Crippen LogP contribution in [-0.2, 0) is 4.74 Å². The molecule has 18 heavy (non-hydrogen) atoms. The van der Waals surface area contributed by atoms with Crippen molar-refractivity contribution in [3.63, 3.8) is 0 Å². The third kappa shape index (κ3) is 2.98. The monoisotopic (exact) mass is 249 g/mol. The molecule has 0 aromatic carbocycles. The molecule has 1 N–H and O–H groups in total. The first-order chi connectivity index (χ1) is 8.83. The standard InChI is InChI=1S/C12H15N3O3/c1-16-10(9-4-3-7-18-9)8-14-12-13-6-5-11(15-12)17-2/h3-7,10H,8H2,1-2H3,(H,13,14,15). The lowest BCUT2D eigenvalue weighted by Gasteiger charge is -2.13. The van der Waals surface area contributed by atoms with Crippen LogP contribution in [0.15, 0.2) is 35.1 Å². The summed E-state index contributed by atoms with van der Waals surface area (Å²) in [5.74, 6) is 1.76. The van der Waals surface area contributed by atoms with Crippen molar-refractivity contribution < 1.29 is 13.9 Å². The molecule has 2 aromatic heterocycles. The van der Waals surface area contributed by atoms with Crippen LogP contribution in [0.4, 0.5) is 5.95 Å². The van der Waals surface area contributed by atoms with E-state index >= 15 is 0 Å². The Kier molecular flexibility index (Phi) is 4.14. The van der Waals surface area contributed by atoms with Gasteiger partial charge in [0.1, 0.15) is 11.9 Å². The van der Waals surface area contributed by atoms with Gasteiger partial charge in [-0.05, 0) is 12.1 Å². The maximum Gasteiger partial charge on any atom is 0.226 e. The Hall–Kier alpha value is -2.08. The smallest absolute Gasteiger partial charge is 0.226 e. The van der Waals surface area contributed by atoms with Crippen LogP contribution in [0, 0.1) is 0 Å². The minimum absolute atomic E-state index is 0.185. The Bertz CT molecular complexity index is 473. The van der Waals surface area contributed by atoms with E-state index in [1.807, 2.05) is 12.1 Å². The molecule has 2 aromatic rings. The average Bonchev–Trinajstić information content (AvgIpc) is 2.94. The number of furan rings is 1. The molecular weight excluding hydrogens is 234 g/mol. The van der Waals surface area contributed by atoms with E-state index in [-0.39, 0.29) is 6.10 Å². The summed E-state index contributed by atoms with van der Waals surface area (Å²) in [4.78, 5) is 8.23. The molecule has 0 aliphatic heterocycles. The number of rotatable bonds is 6. The first-order valence-corrected chi connectivity index (χ1v) is 5.50. The minimum Gasteiger partial charge on any atom is -0.481 e. The van der Waals surface area contributed by atoms with Crippen molar-refractivity contribution in [2.24, 2.45) is 0 Å². The highest BCUT2D eigenvalue weighted by Gasteiger charge is 2.13. The summed E-state index contributed by atoms with van der Waals surface area (Å²) in [6, 6.07) is 5.37. The zero-order chi connectivity index (χ0) is 12.8. The Labute approximate surface area is 105 Å². The van der Waals surface area contributed by atoms with Crippen LogP contribution in [-0.4, -0.2) is 30.7 Å². The van der Waals surface area contributed by atoms with Crippen molar-refractivity contribution in [1.29, 1.82) is 0 Å². The van der Waals surface area contributed by atoms with Gasteiger partial charge in [-0.15, -0.1) is 0 Å². The van der Waals surface area contributed by atoms with Gasteiger partial charge in [-0.1, -0.05) is 0 Å². The fourth-order valence-electron chi connectivity index (χ4n) is 1.50. The predicted molar refractivity (Wildman–Crippen MR) is 65.5 cm³/mol. The second kappa shape index (κ2) is 6.02. The van der Waals surface area contributed by atoms with E-state index < -0.39 is 0 Å². The zero-order valence-corrected chi connectivity index (χ0v) is 10.3. The first kappa shape index (κ1) is 12.4. The summed E-state index contributed by atoms with van der Waals surface area (Å²) in [6.07, 6.45) is 3.06. The number of aromatic nitrogens is 2. The molecule has 0 saturated carbocycles. The summed E-state index contributed by atoms with van der Waals surface area (Å²) in [7, 11) is 3.19. The molecule has 0 bridgehead atoms. The third-order valence-corrected chi connectivity index (χ3v) is 2.43. The van der Waals surface area contributed by atoms with Crippen LogP contribution in [0.2, 0.25) is 0 Å². The number of hydrogen-bond donors (Lipinski definition) is 1. The number of ether oxygens (including phenoxy) is 2. The second-order valence-corrected chi connectivity index (χ2v) is 3.54. The van der Waals surface area contributed by atoms with Crippen LogP contribution in [0.25, 0.3) is 0 Å². The molecule has 1 unspecified atom stereocenters. The van der Waals surface area contributed by atoms with Gasteiger partial charge in [0.2, 0.25) is 11.8 Å². The summed E-state index contributed by atoms with van der Waals surface area (Å²) in [6.45, 7) is 0.511. The van der Waals surface area contributed by atoms with Gasteiger partial charge < -0.3 is 19.2 Å². The lowest BCUT2D eigenvalue weighted by atomic mass is 10.3. The number of nitrogens with zero attached hydrogens (tertiary/aromatic N) is 2. The number of anilines is 1. The van der Waals surface area contributed by atoms with Crippen LogP contribution >= 0.6 is 0 Å². The highest BCUT2D eigenvalue weighted by molar-refractivity contribution is 5.28. The van der Waals surface area contributed by atoms with Gasteiger partial charge in [-0.2, -0.15) is 4.98 Å². The molecule has 6 heteroatoms. The maximum absolute atomic E-state index is 5.33. The number of hydrogen-bond acceptors (Lipinski definition) is 6. The molecule has 6 nitrogen and oxygen atoms in total. The normalized spacial score (nSPS) is 12.1. The molecule has 96 valence electrons. The Morgan fingerprint density at radius 1 is 1.39 bits per heavy atom. The van der Waals surface area contributed by atoms with E-state index in [1.54, 1.807) is 32.7 Å². The number of methoxy groups -OCH3 is 2. The average molecular weight is 249 g/mol. The largest absolute Gasteiger partial charge is 0.481 e. The molecule has 0 radical (unpaired) electrons. The van der Waals surface area contributed by atoms with Crippen molar-refractivity contribution >= 4 is 5.95 Å². The van der Waals surface area contributed by atoms with E-state index in [2.05, 4.69) is 15.3 Å². The SMILES string of the molecule is COc1ccnc(NCC(OC)c2ccco2)n1. The highest BCUT2D eigenvalue weighted by Crippen LogP contribution is 2.17. The molecular formula is C12H15N3O3. The molecule has 2 heterocycles. The van der Waals surface area contributed by atoms with Crippen LogP contribution in [0.3, 0.4) is 0 Å². The van der Waals surface area contributed by atoms with Gasteiger partial charge in [-0.25, -0.2) is 4.98 Å². The summed E-state index contributed by atoms with van der Waals surface area (Å²) in [5.41, 5.74) is 0. The van der Waals surface area contributed by atoms with Crippen molar-refractivity contribution in [3.05, 3.63) is 36.4 Å². The Morgan fingerprint density at radius 2 is 2.28 bits per heavy atom. The van der Waals surface area contributed by atoms with Gasteiger partial charge in [0.05, 0.1) is 19.9 Å². The van der Waals surface area contributed by atoms with Crippen molar-refractivity contribution in [2.45, 2.75) is 6.10 Å². The predicted octanol–water partition coefficient (Wildman–Crippen LogP) is 1.88. The number of nitrogens with one attached hydrogen (secondary N) is 1. The van der Waals surface area contributed by atoms with Gasteiger partial charge in [-0.3, -0.25) is 0 Å². The van der Waals surface area contributed by atoms with E-state index in [0.29, 0.717) is 18.4 Å². The fraction of sp³-hybridized carbons (Fsp3) is 0.333. The van der Waals surface area contributed by atoms with Gasteiger partial charge in [0, 0.05) is 19.4 Å². The van der Waals surface area contributed by atoms with E-state index in [1.165, 1.54) is 0 Å². The highest BCUT2D eigenvalue weighted by atomic mass is 16.5. The van der Waals surface area contributed by atoms with E-state index in [0.717, 1.165) is 5.76 Å². The van der Waals surface area contributed by atoms with Crippen LogP contribution in [0.5, 0.6) is 5.88 Å². The summed E-state index contributed by atoms with van der Waals surface area (Å²) >= 11 is 0. The second-order valence-electron chi connectivity index (χ2n) is 3.54. The fourth-order valence-corrected chi connectivity index (χ4v) is 1.50. The first-order valence-electron chi connectivity index (χ1n) is 5.50. The third-order valence-electron chi connectivity index (χ3n) is 2.43.